The lowest BCUT2D eigenvalue weighted by atomic mass is 10.4. The Hall–Kier alpha value is -0.570. The van der Waals surface area contributed by atoms with Crippen molar-refractivity contribution < 1.29 is 9.53 Å². The van der Waals surface area contributed by atoms with Crippen molar-refractivity contribution in [3.8, 4) is 0 Å². The summed E-state index contributed by atoms with van der Waals surface area (Å²) in [4.78, 5) is 12.0. The molecule has 1 saturated heterocycles. The van der Waals surface area contributed by atoms with Crippen molar-refractivity contribution in [3.05, 3.63) is 0 Å². The van der Waals surface area contributed by atoms with Crippen molar-refractivity contribution in [2.45, 2.75) is 19.3 Å². The minimum atomic E-state index is 0.514. The molecule has 3 heteroatoms. The molecule has 0 N–H and O–H groups in total. The monoisotopic (exact) mass is 156 g/mol. The quantitative estimate of drug-likeness (QED) is 0.544. The van der Waals surface area contributed by atoms with E-state index in [0.29, 0.717) is 6.61 Å². The Morgan fingerprint density at radius 1 is 1.36 bits per heavy atom. The Morgan fingerprint density at radius 3 is 2.73 bits per heavy atom. The molecule has 0 spiro atoms. The number of nitrogens with zero attached hydrogens (tertiary/aromatic N) is 1. The molecule has 0 saturated carbocycles. The Kier molecular flexibility index (Phi) is 3.98. The van der Waals surface area contributed by atoms with E-state index in [9.17, 15) is 4.79 Å². The van der Waals surface area contributed by atoms with Gasteiger partial charge in [-0.3, -0.25) is 0 Å². The van der Waals surface area contributed by atoms with Crippen molar-refractivity contribution in [3.63, 3.8) is 0 Å². The largest absolute Gasteiger partial charge is 0.457 e. The first-order valence-corrected chi connectivity index (χ1v) is 4.15. The average Bonchev–Trinajstić information content (AvgIpc) is 2.50. The first kappa shape index (κ1) is 8.53. The van der Waals surface area contributed by atoms with E-state index in [0.717, 1.165) is 13.0 Å². The molecule has 1 fully saturated rings. The van der Waals surface area contributed by atoms with E-state index in [1.54, 1.807) is 0 Å². The lowest BCUT2D eigenvalue weighted by Crippen LogP contribution is -2.21. The highest BCUT2D eigenvalue weighted by atomic mass is 16.5. The zero-order valence-corrected chi connectivity index (χ0v) is 6.71. The second kappa shape index (κ2) is 5.13. The zero-order valence-electron chi connectivity index (χ0n) is 6.71. The molecule has 1 rings (SSSR count). The predicted molar refractivity (Wildman–Crippen MR) is 41.9 cm³/mol. The number of likely N-dealkylation sites (tertiary alicyclic amines) is 1. The van der Waals surface area contributed by atoms with E-state index >= 15 is 0 Å². The summed E-state index contributed by atoms with van der Waals surface area (Å²) >= 11 is 0. The maximum atomic E-state index is 9.64. The van der Waals surface area contributed by atoms with Crippen LogP contribution in [-0.2, 0) is 9.53 Å². The summed E-state index contributed by atoms with van der Waals surface area (Å²) in [5.74, 6) is 0. The van der Waals surface area contributed by atoms with Crippen molar-refractivity contribution in [2.24, 2.45) is 0 Å². The molecule has 63 valence electrons. The van der Waals surface area contributed by atoms with Gasteiger partial charge >= 0.3 is 6.47 Å². The lowest BCUT2D eigenvalue weighted by molar-refractivity contribution is 0.242. The topological polar surface area (TPSA) is 29.5 Å². The SMILES string of the molecule is O=[C]OCCCN1CCCC1. The van der Waals surface area contributed by atoms with Gasteiger partial charge in [0.25, 0.3) is 0 Å². The second-order valence-electron chi connectivity index (χ2n) is 2.83. The lowest BCUT2D eigenvalue weighted by Gasteiger charge is -2.12. The molecule has 1 radical (unpaired) electrons. The Bertz CT molecular complexity index is 111. The zero-order chi connectivity index (χ0) is 7.94. The van der Waals surface area contributed by atoms with Crippen molar-refractivity contribution in [1.29, 1.82) is 0 Å². The average molecular weight is 156 g/mol. The van der Waals surface area contributed by atoms with Gasteiger partial charge in [0.05, 0.1) is 6.61 Å². The van der Waals surface area contributed by atoms with Crippen LogP contribution < -0.4 is 0 Å². The molecule has 0 amide bonds. The van der Waals surface area contributed by atoms with E-state index in [1.165, 1.54) is 32.4 Å². The number of hydrogen-bond acceptors (Lipinski definition) is 3. The van der Waals surface area contributed by atoms with E-state index < -0.39 is 0 Å². The fourth-order valence-corrected chi connectivity index (χ4v) is 1.41. The van der Waals surface area contributed by atoms with Crippen LogP contribution in [0.25, 0.3) is 0 Å². The fourth-order valence-electron chi connectivity index (χ4n) is 1.41. The molecule has 0 aromatic carbocycles. The van der Waals surface area contributed by atoms with Crippen molar-refractivity contribution >= 4 is 6.47 Å². The first-order chi connectivity index (χ1) is 5.43. The highest BCUT2D eigenvalue weighted by Crippen LogP contribution is 2.06. The smallest absolute Gasteiger partial charge is 0.417 e. The van der Waals surface area contributed by atoms with Crippen LogP contribution in [-0.4, -0.2) is 37.6 Å². The van der Waals surface area contributed by atoms with Crippen LogP contribution >= 0.6 is 0 Å². The van der Waals surface area contributed by atoms with E-state index in [1.807, 2.05) is 0 Å². The molecule has 3 nitrogen and oxygen atoms in total. The number of ether oxygens (including phenoxy) is 1. The summed E-state index contributed by atoms with van der Waals surface area (Å²) < 4.78 is 4.46. The van der Waals surface area contributed by atoms with E-state index in [4.69, 9.17) is 0 Å². The van der Waals surface area contributed by atoms with Crippen LogP contribution in [0.2, 0.25) is 0 Å². The first-order valence-electron chi connectivity index (χ1n) is 4.15. The number of hydrogen-bond donors (Lipinski definition) is 0. The standard InChI is InChI=1S/C8H14NO2/c10-8-11-7-3-6-9-4-1-2-5-9/h1-7H2. The van der Waals surface area contributed by atoms with Gasteiger partial charge in [-0.25, -0.2) is 4.79 Å². The predicted octanol–water partition coefficient (Wildman–Crippen LogP) is 0.556. The number of rotatable bonds is 5. The van der Waals surface area contributed by atoms with Crippen LogP contribution in [0.15, 0.2) is 0 Å². The molecular weight excluding hydrogens is 142 g/mol. The van der Waals surface area contributed by atoms with Gasteiger partial charge in [0.2, 0.25) is 0 Å². The molecule has 0 atom stereocenters. The summed E-state index contributed by atoms with van der Waals surface area (Å²) in [7, 11) is 0. The highest BCUT2D eigenvalue weighted by molar-refractivity contribution is 5.37. The summed E-state index contributed by atoms with van der Waals surface area (Å²) in [5.41, 5.74) is 0. The fraction of sp³-hybridized carbons (Fsp3) is 0.875. The number of carbonyl (C=O) groups excluding carboxylic acids is 1. The minimum Gasteiger partial charge on any atom is -0.457 e. The van der Waals surface area contributed by atoms with Crippen molar-refractivity contribution in [1.82, 2.24) is 4.90 Å². The van der Waals surface area contributed by atoms with Gasteiger partial charge in [0.1, 0.15) is 0 Å². The van der Waals surface area contributed by atoms with Crippen LogP contribution in [0.5, 0.6) is 0 Å². The molecule has 11 heavy (non-hydrogen) atoms. The summed E-state index contributed by atoms with van der Waals surface area (Å²) in [6, 6.07) is 0. The van der Waals surface area contributed by atoms with E-state index in [-0.39, 0.29) is 0 Å². The van der Waals surface area contributed by atoms with Gasteiger partial charge in [-0.2, -0.15) is 0 Å². The summed E-state index contributed by atoms with van der Waals surface area (Å²) in [5, 5.41) is 0. The summed E-state index contributed by atoms with van der Waals surface area (Å²) in [6.07, 6.45) is 3.58. The molecule has 0 unspecified atom stereocenters. The Balaban J connectivity index is 1.89. The molecule has 0 aliphatic carbocycles. The molecule has 0 aromatic heterocycles. The van der Waals surface area contributed by atoms with Crippen molar-refractivity contribution in [2.75, 3.05) is 26.2 Å². The molecular formula is C8H14NO2. The third-order valence-electron chi connectivity index (χ3n) is 1.98. The second-order valence-corrected chi connectivity index (χ2v) is 2.83. The van der Waals surface area contributed by atoms with Gasteiger partial charge < -0.3 is 9.64 Å². The van der Waals surface area contributed by atoms with Gasteiger partial charge in [0, 0.05) is 6.54 Å². The Morgan fingerprint density at radius 2 is 2.09 bits per heavy atom. The van der Waals surface area contributed by atoms with Gasteiger partial charge in [-0.15, -0.1) is 0 Å². The Labute approximate surface area is 67.3 Å². The van der Waals surface area contributed by atoms with Crippen LogP contribution in [0.3, 0.4) is 0 Å². The van der Waals surface area contributed by atoms with Gasteiger partial charge in [-0.1, -0.05) is 0 Å². The maximum Gasteiger partial charge on any atom is 0.417 e. The van der Waals surface area contributed by atoms with Gasteiger partial charge in [-0.05, 0) is 32.4 Å². The molecule has 1 aliphatic heterocycles. The molecule has 1 aliphatic rings. The van der Waals surface area contributed by atoms with Crippen LogP contribution in [0, 0.1) is 0 Å². The third kappa shape index (κ3) is 3.37. The minimum absolute atomic E-state index is 0.514. The van der Waals surface area contributed by atoms with E-state index in [2.05, 4.69) is 9.64 Å². The highest BCUT2D eigenvalue weighted by Gasteiger charge is 2.09. The van der Waals surface area contributed by atoms with Crippen LogP contribution in [0.1, 0.15) is 19.3 Å². The molecule has 0 aromatic rings. The van der Waals surface area contributed by atoms with Crippen LogP contribution in [0.4, 0.5) is 0 Å². The summed E-state index contributed by atoms with van der Waals surface area (Å²) in [6.45, 7) is 5.42. The maximum absolute atomic E-state index is 9.64. The third-order valence-corrected chi connectivity index (χ3v) is 1.98. The van der Waals surface area contributed by atoms with Gasteiger partial charge in [0.15, 0.2) is 0 Å². The molecule has 0 bridgehead atoms. The molecule has 1 heterocycles. The normalized spacial score (nSPS) is 18.5.